The second kappa shape index (κ2) is 4.85. The first-order valence-electron chi connectivity index (χ1n) is 5.78. The largest absolute Gasteiger partial charge is 0.394 e. The fourth-order valence-electron chi connectivity index (χ4n) is 2.03. The molecule has 16 heavy (non-hydrogen) atoms. The summed E-state index contributed by atoms with van der Waals surface area (Å²) in [6.07, 6.45) is 1.72. The summed E-state index contributed by atoms with van der Waals surface area (Å²) in [5, 5.41) is 13.0. The molecular weight excluding hydrogens is 202 g/mol. The van der Waals surface area contributed by atoms with Crippen LogP contribution in [0.1, 0.15) is 18.4 Å². The van der Waals surface area contributed by atoms with E-state index in [1.807, 2.05) is 0 Å². The predicted molar refractivity (Wildman–Crippen MR) is 64.7 cm³/mol. The summed E-state index contributed by atoms with van der Waals surface area (Å²) >= 11 is 0. The minimum Gasteiger partial charge on any atom is -0.394 e. The van der Waals surface area contributed by atoms with Crippen LogP contribution in [0.15, 0.2) is 24.3 Å². The molecule has 0 aromatic heterocycles. The molecule has 1 fully saturated rings. The normalized spacial score (nSPS) is 19.4. The number of anilines is 1. The molecule has 2 N–H and O–H groups in total. The van der Waals surface area contributed by atoms with E-state index in [2.05, 4.69) is 36.5 Å². The molecule has 1 saturated heterocycles. The zero-order valence-corrected chi connectivity index (χ0v) is 9.70. The van der Waals surface area contributed by atoms with Crippen LogP contribution in [0.25, 0.3) is 0 Å². The van der Waals surface area contributed by atoms with Crippen molar-refractivity contribution in [2.45, 2.75) is 25.3 Å². The number of nitrogens with one attached hydrogen (secondary N) is 1. The molecule has 1 aromatic carbocycles. The van der Waals surface area contributed by atoms with Gasteiger partial charge in [-0.3, -0.25) is 0 Å². The molecule has 1 aliphatic rings. The Morgan fingerprint density at radius 3 is 2.44 bits per heavy atom. The Bertz CT molecular complexity index is 328. The molecule has 3 nitrogen and oxygen atoms in total. The highest BCUT2D eigenvalue weighted by molar-refractivity contribution is 5.47. The third kappa shape index (κ3) is 2.54. The highest BCUT2D eigenvalue weighted by atomic mass is 16.5. The molecule has 0 spiro atoms. The van der Waals surface area contributed by atoms with Gasteiger partial charge in [0.25, 0.3) is 0 Å². The van der Waals surface area contributed by atoms with Crippen molar-refractivity contribution in [2.75, 3.05) is 25.1 Å². The van der Waals surface area contributed by atoms with Crippen LogP contribution >= 0.6 is 0 Å². The lowest BCUT2D eigenvalue weighted by atomic mass is 9.90. The lowest BCUT2D eigenvalue weighted by molar-refractivity contribution is 0.0380. The van der Waals surface area contributed by atoms with Crippen LogP contribution in [-0.4, -0.2) is 30.5 Å². The van der Waals surface area contributed by atoms with Gasteiger partial charge in [0.1, 0.15) is 0 Å². The van der Waals surface area contributed by atoms with E-state index in [4.69, 9.17) is 4.74 Å². The van der Waals surface area contributed by atoms with E-state index in [-0.39, 0.29) is 12.1 Å². The van der Waals surface area contributed by atoms with Crippen molar-refractivity contribution >= 4 is 5.69 Å². The Hall–Kier alpha value is -1.06. The van der Waals surface area contributed by atoms with Crippen LogP contribution in [0.3, 0.4) is 0 Å². The van der Waals surface area contributed by atoms with E-state index in [9.17, 15) is 5.11 Å². The molecule has 0 amide bonds. The van der Waals surface area contributed by atoms with Gasteiger partial charge in [0, 0.05) is 18.9 Å². The minimum atomic E-state index is -0.201. The molecule has 0 bridgehead atoms. The molecule has 1 aromatic rings. The number of rotatable bonds is 3. The fraction of sp³-hybridized carbons (Fsp3) is 0.538. The van der Waals surface area contributed by atoms with Crippen molar-refractivity contribution in [3.05, 3.63) is 29.8 Å². The summed E-state index contributed by atoms with van der Waals surface area (Å²) in [4.78, 5) is 0. The second-order valence-corrected chi connectivity index (χ2v) is 4.54. The van der Waals surface area contributed by atoms with E-state index in [1.165, 1.54) is 5.56 Å². The van der Waals surface area contributed by atoms with E-state index >= 15 is 0 Å². The summed E-state index contributed by atoms with van der Waals surface area (Å²) in [5.74, 6) is 0. The SMILES string of the molecule is Cc1ccc(NC2(CO)CCOCC2)cc1. The number of aliphatic hydroxyl groups is 1. The van der Waals surface area contributed by atoms with Gasteiger partial charge in [-0.2, -0.15) is 0 Å². The average Bonchev–Trinajstić information content (AvgIpc) is 2.33. The number of benzene rings is 1. The van der Waals surface area contributed by atoms with E-state index < -0.39 is 0 Å². The number of hydrogen-bond acceptors (Lipinski definition) is 3. The monoisotopic (exact) mass is 221 g/mol. The summed E-state index contributed by atoms with van der Waals surface area (Å²) in [6, 6.07) is 8.27. The predicted octanol–water partition coefficient (Wildman–Crippen LogP) is 1.95. The number of hydrogen-bond donors (Lipinski definition) is 2. The third-order valence-corrected chi connectivity index (χ3v) is 3.21. The van der Waals surface area contributed by atoms with Gasteiger partial charge in [0.2, 0.25) is 0 Å². The maximum Gasteiger partial charge on any atom is 0.0663 e. The quantitative estimate of drug-likeness (QED) is 0.819. The van der Waals surface area contributed by atoms with Crippen molar-refractivity contribution in [3.63, 3.8) is 0 Å². The lowest BCUT2D eigenvalue weighted by Crippen LogP contribution is -2.46. The summed E-state index contributed by atoms with van der Waals surface area (Å²) in [7, 11) is 0. The molecule has 0 aliphatic carbocycles. The van der Waals surface area contributed by atoms with Crippen molar-refractivity contribution in [2.24, 2.45) is 0 Å². The van der Waals surface area contributed by atoms with Crippen LogP contribution in [0.2, 0.25) is 0 Å². The summed E-state index contributed by atoms with van der Waals surface area (Å²) < 4.78 is 5.33. The summed E-state index contributed by atoms with van der Waals surface area (Å²) in [6.45, 7) is 3.67. The van der Waals surface area contributed by atoms with Gasteiger partial charge in [-0.15, -0.1) is 0 Å². The van der Waals surface area contributed by atoms with E-state index in [0.717, 1.165) is 31.7 Å². The van der Waals surface area contributed by atoms with Crippen molar-refractivity contribution < 1.29 is 9.84 Å². The molecule has 0 atom stereocenters. The zero-order chi connectivity index (χ0) is 11.4. The molecule has 1 heterocycles. The molecule has 0 radical (unpaired) electrons. The van der Waals surface area contributed by atoms with Crippen molar-refractivity contribution in [1.29, 1.82) is 0 Å². The van der Waals surface area contributed by atoms with Crippen LogP contribution in [-0.2, 0) is 4.74 Å². The van der Waals surface area contributed by atoms with Gasteiger partial charge in [0.15, 0.2) is 0 Å². The van der Waals surface area contributed by atoms with Gasteiger partial charge < -0.3 is 15.2 Å². The maximum absolute atomic E-state index is 9.54. The van der Waals surface area contributed by atoms with Gasteiger partial charge in [-0.05, 0) is 31.9 Å². The molecule has 88 valence electrons. The lowest BCUT2D eigenvalue weighted by Gasteiger charge is -2.37. The standard InChI is InChI=1S/C13H19NO2/c1-11-2-4-12(5-3-11)14-13(10-15)6-8-16-9-7-13/h2-5,14-15H,6-10H2,1H3. The Labute approximate surface area is 96.4 Å². The minimum absolute atomic E-state index is 0.157. The van der Waals surface area contributed by atoms with Crippen LogP contribution in [0.4, 0.5) is 5.69 Å². The molecule has 0 unspecified atom stereocenters. The smallest absolute Gasteiger partial charge is 0.0663 e. The average molecular weight is 221 g/mol. The van der Waals surface area contributed by atoms with Gasteiger partial charge >= 0.3 is 0 Å². The first-order valence-corrected chi connectivity index (χ1v) is 5.78. The zero-order valence-electron chi connectivity index (χ0n) is 9.70. The number of ether oxygens (including phenoxy) is 1. The maximum atomic E-state index is 9.54. The van der Waals surface area contributed by atoms with E-state index in [1.54, 1.807) is 0 Å². The van der Waals surface area contributed by atoms with Crippen LogP contribution in [0, 0.1) is 6.92 Å². The highest BCUT2D eigenvalue weighted by Gasteiger charge is 2.31. The van der Waals surface area contributed by atoms with Crippen LogP contribution in [0.5, 0.6) is 0 Å². The number of aliphatic hydroxyl groups excluding tert-OH is 1. The Morgan fingerprint density at radius 2 is 1.88 bits per heavy atom. The Balaban J connectivity index is 2.08. The van der Waals surface area contributed by atoms with Crippen molar-refractivity contribution in [1.82, 2.24) is 0 Å². The highest BCUT2D eigenvalue weighted by Crippen LogP contribution is 2.25. The summed E-state index contributed by atoms with van der Waals surface area (Å²) in [5.41, 5.74) is 2.12. The van der Waals surface area contributed by atoms with Gasteiger partial charge in [0.05, 0.1) is 12.1 Å². The third-order valence-electron chi connectivity index (χ3n) is 3.21. The molecular formula is C13H19NO2. The molecule has 1 aliphatic heterocycles. The topological polar surface area (TPSA) is 41.5 Å². The molecule has 0 saturated carbocycles. The molecule has 2 rings (SSSR count). The molecule has 3 heteroatoms. The Kier molecular flexibility index (Phi) is 3.46. The second-order valence-electron chi connectivity index (χ2n) is 4.54. The van der Waals surface area contributed by atoms with Gasteiger partial charge in [-0.25, -0.2) is 0 Å². The van der Waals surface area contributed by atoms with Gasteiger partial charge in [-0.1, -0.05) is 17.7 Å². The van der Waals surface area contributed by atoms with Crippen LogP contribution < -0.4 is 5.32 Å². The first kappa shape index (κ1) is 11.4. The number of aryl methyl sites for hydroxylation is 1. The van der Waals surface area contributed by atoms with Crippen molar-refractivity contribution in [3.8, 4) is 0 Å². The fourth-order valence-corrected chi connectivity index (χ4v) is 2.03. The van der Waals surface area contributed by atoms with E-state index in [0.29, 0.717) is 0 Å². The first-order chi connectivity index (χ1) is 7.74. The Morgan fingerprint density at radius 1 is 1.25 bits per heavy atom.